The number of aromatic nitrogens is 2. The van der Waals surface area contributed by atoms with Crippen LogP contribution in [0.4, 0.5) is 0 Å². The first-order chi connectivity index (χ1) is 8.04. The molecule has 1 N–H and O–H groups in total. The standard InChI is InChI=1S/C11H9BrN2O2S/c1-6-2-8(9-3-7(12)5-17-9)14-10(13-6)4-11(15)16/h2-3,5H,4H2,1H3,(H,15,16). The molecule has 0 aliphatic rings. The van der Waals surface area contributed by atoms with Gasteiger partial charge in [-0.25, -0.2) is 9.97 Å². The third-order valence-corrected chi connectivity index (χ3v) is 3.74. The predicted octanol–water partition coefficient (Wildman–Crippen LogP) is 2.90. The molecule has 0 unspecified atom stereocenters. The Hall–Kier alpha value is -1.27. The summed E-state index contributed by atoms with van der Waals surface area (Å²) in [7, 11) is 0. The van der Waals surface area contributed by atoms with E-state index in [1.165, 1.54) is 0 Å². The summed E-state index contributed by atoms with van der Waals surface area (Å²) in [5, 5.41) is 10.7. The molecule has 0 spiro atoms. The minimum atomic E-state index is -0.922. The van der Waals surface area contributed by atoms with Crippen molar-refractivity contribution in [3.63, 3.8) is 0 Å². The van der Waals surface area contributed by atoms with Crippen molar-refractivity contribution in [2.45, 2.75) is 13.3 Å². The van der Waals surface area contributed by atoms with E-state index in [9.17, 15) is 4.79 Å². The Bertz CT molecular complexity index is 568. The van der Waals surface area contributed by atoms with Gasteiger partial charge in [0.15, 0.2) is 0 Å². The summed E-state index contributed by atoms with van der Waals surface area (Å²) >= 11 is 4.93. The minimum absolute atomic E-state index is 0.152. The summed E-state index contributed by atoms with van der Waals surface area (Å²) in [6.07, 6.45) is -0.152. The molecule has 0 aliphatic heterocycles. The molecule has 2 rings (SSSR count). The number of aryl methyl sites for hydroxylation is 1. The van der Waals surface area contributed by atoms with Crippen molar-refractivity contribution in [3.8, 4) is 10.6 Å². The first-order valence-electron chi connectivity index (χ1n) is 4.85. The summed E-state index contributed by atoms with van der Waals surface area (Å²) in [5.41, 5.74) is 1.54. The van der Waals surface area contributed by atoms with E-state index >= 15 is 0 Å². The summed E-state index contributed by atoms with van der Waals surface area (Å²) in [5.74, 6) is -0.578. The minimum Gasteiger partial charge on any atom is -0.481 e. The topological polar surface area (TPSA) is 63.1 Å². The van der Waals surface area contributed by atoms with Gasteiger partial charge >= 0.3 is 5.97 Å². The average molecular weight is 313 g/mol. The number of carbonyl (C=O) groups is 1. The van der Waals surface area contributed by atoms with Gasteiger partial charge < -0.3 is 5.11 Å². The van der Waals surface area contributed by atoms with Gasteiger partial charge in [-0.05, 0) is 35.0 Å². The maximum absolute atomic E-state index is 10.6. The Morgan fingerprint density at radius 1 is 1.47 bits per heavy atom. The van der Waals surface area contributed by atoms with Crippen LogP contribution in [0, 0.1) is 6.92 Å². The lowest BCUT2D eigenvalue weighted by molar-refractivity contribution is -0.136. The fourth-order valence-electron chi connectivity index (χ4n) is 1.42. The smallest absolute Gasteiger partial charge is 0.311 e. The van der Waals surface area contributed by atoms with E-state index in [1.807, 2.05) is 24.4 Å². The third kappa shape index (κ3) is 3.10. The van der Waals surface area contributed by atoms with Gasteiger partial charge in [0, 0.05) is 15.5 Å². The highest BCUT2D eigenvalue weighted by atomic mass is 79.9. The summed E-state index contributed by atoms with van der Waals surface area (Å²) in [6.45, 7) is 1.83. The van der Waals surface area contributed by atoms with Crippen LogP contribution in [0.25, 0.3) is 10.6 Å². The van der Waals surface area contributed by atoms with E-state index < -0.39 is 5.97 Å². The van der Waals surface area contributed by atoms with Crippen LogP contribution in [0.3, 0.4) is 0 Å². The number of thiophene rings is 1. The average Bonchev–Trinajstić information content (AvgIpc) is 2.62. The van der Waals surface area contributed by atoms with E-state index in [4.69, 9.17) is 5.11 Å². The van der Waals surface area contributed by atoms with Crippen LogP contribution in [0.1, 0.15) is 11.5 Å². The second-order valence-electron chi connectivity index (χ2n) is 3.51. The second-order valence-corrected chi connectivity index (χ2v) is 5.34. The first-order valence-corrected chi connectivity index (χ1v) is 6.52. The molecule has 17 heavy (non-hydrogen) atoms. The van der Waals surface area contributed by atoms with E-state index in [2.05, 4.69) is 25.9 Å². The zero-order valence-electron chi connectivity index (χ0n) is 8.98. The Labute approximate surface area is 110 Å². The summed E-state index contributed by atoms with van der Waals surface area (Å²) in [4.78, 5) is 20.0. The van der Waals surface area contributed by atoms with E-state index in [1.54, 1.807) is 11.3 Å². The van der Waals surface area contributed by atoms with Gasteiger partial charge in [0.25, 0.3) is 0 Å². The zero-order chi connectivity index (χ0) is 12.4. The van der Waals surface area contributed by atoms with Crippen molar-refractivity contribution in [2.24, 2.45) is 0 Å². The summed E-state index contributed by atoms with van der Waals surface area (Å²) in [6, 6.07) is 3.81. The predicted molar refractivity (Wildman–Crippen MR) is 69.1 cm³/mol. The lowest BCUT2D eigenvalue weighted by Crippen LogP contribution is -2.06. The van der Waals surface area contributed by atoms with Gasteiger partial charge in [-0.2, -0.15) is 0 Å². The van der Waals surface area contributed by atoms with Gasteiger partial charge in [0.2, 0.25) is 0 Å². The fraction of sp³-hybridized carbons (Fsp3) is 0.182. The molecule has 0 saturated carbocycles. The van der Waals surface area contributed by atoms with Crippen molar-refractivity contribution in [1.29, 1.82) is 0 Å². The largest absolute Gasteiger partial charge is 0.481 e. The van der Waals surface area contributed by atoms with Crippen LogP contribution in [0.2, 0.25) is 0 Å². The molecule has 0 fully saturated rings. The van der Waals surface area contributed by atoms with Crippen molar-refractivity contribution in [1.82, 2.24) is 9.97 Å². The zero-order valence-corrected chi connectivity index (χ0v) is 11.4. The fourth-order valence-corrected chi connectivity index (χ4v) is 2.81. The van der Waals surface area contributed by atoms with Crippen molar-refractivity contribution in [3.05, 3.63) is 33.5 Å². The molecule has 2 heterocycles. The van der Waals surface area contributed by atoms with Crippen LogP contribution in [-0.4, -0.2) is 21.0 Å². The van der Waals surface area contributed by atoms with Gasteiger partial charge in [-0.1, -0.05) is 0 Å². The van der Waals surface area contributed by atoms with E-state index in [0.717, 1.165) is 20.7 Å². The maximum atomic E-state index is 10.6. The molecular formula is C11H9BrN2O2S. The molecule has 0 amide bonds. The molecule has 0 saturated heterocycles. The quantitative estimate of drug-likeness (QED) is 0.946. The molecule has 0 bridgehead atoms. The molecular weight excluding hydrogens is 304 g/mol. The van der Waals surface area contributed by atoms with Gasteiger partial charge in [0.1, 0.15) is 12.2 Å². The molecule has 2 aromatic rings. The third-order valence-electron chi connectivity index (χ3n) is 2.03. The van der Waals surface area contributed by atoms with Gasteiger partial charge in [-0.3, -0.25) is 4.79 Å². The number of hydrogen-bond acceptors (Lipinski definition) is 4. The number of carboxylic acid groups (broad SMARTS) is 1. The Morgan fingerprint density at radius 2 is 2.24 bits per heavy atom. The molecule has 2 aromatic heterocycles. The van der Waals surface area contributed by atoms with Crippen LogP contribution in [-0.2, 0) is 11.2 Å². The molecule has 0 aromatic carbocycles. The lowest BCUT2D eigenvalue weighted by atomic mass is 10.2. The lowest BCUT2D eigenvalue weighted by Gasteiger charge is -2.02. The van der Waals surface area contributed by atoms with E-state index in [-0.39, 0.29) is 6.42 Å². The van der Waals surface area contributed by atoms with Crippen LogP contribution in [0.15, 0.2) is 22.0 Å². The number of nitrogens with zero attached hydrogens (tertiary/aromatic N) is 2. The highest BCUT2D eigenvalue weighted by Gasteiger charge is 2.09. The van der Waals surface area contributed by atoms with Crippen molar-refractivity contribution >= 4 is 33.2 Å². The van der Waals surface area contributed by atoms with Crippen LogP contribution >= 0.6 is 27.3 Å². The van der Waals surface area contributed by atoms with Crippen molar-refractivity contribution in [2.75, 3.05) is 0 Å². The number of hydrogen-bond donors (Lipinski definition) is 1. The number of halogens is 1. The van der Waals surface area contributed by atoms with Crippen LogP contribution in [0.5, 0.6) is 0 Å². The molecule has 88 valence electrons. The Balaban J connectivity index is 2.41. The Morgan fingerprint density at radius 3 is 2.82 bits per heavy atom. The van der Waals surface area contributed by atoms with E-state index in [0.29, 0.717) is 5.82 Å². The number of carboxylic acids is 1. The molecule has 6 heteroatoms. The maximum Gasteiger partial charge on any atom is 0.311 e. The highest BCUT2D eigenvalue weighted by Crippen LogP contribution is 2.28. The summed E-state index contributed by atoms with van der Waals surface area (Å²) < 4.78 is 0.994. The Kier molecular flexibility index (Phi) is 3.54. The normalized spacial score (nSPS) is 10.5. The number of aliphatic carboxylic acids is 1. The first kappa shape index (κ1) is 12.2. The van der Waals surface area contributed by atoms with Gasteiger partial charge in [0.05, 0.1) is 10.6 Å². The second kappa shape index (κ2) is 4.93. The highest BCUT2D eigenvalue weighted by molar-refractivity contribution is 9.10. The molecule has 4 nitrogen and oxygen atoms in total. The number of rotatable bonds is 3. The van der Waals surface area contributed by atoms with Gasteiger partial charge in [-0.15, -0.1) is 11.3 Å². The monoisotopic (exact) mass is 312 g/mol. The van der Waals surface area contributed by atoms with Crippen molar-refractivity contribution < 1.29 is 9.90 Å². The molecule has 0 radical (unpaired) electrons. The SMILES string of the molecule is Cc1cc(-c2cc(Br)cs2)nc(CC(=O)O)n1. The molecule has 0 aliphatic carbocycles. The van der Waals surface area contributed by atoms with Crippen LogP contribution < -0.4 is 0 Å². The molecule has 0 atom stereocenters.